The van der Waals surface area contributed by atoms with E-state index in [0.717, 1.165) is 6.42 Å². The SMILES string of the molecule is CC#CCCCCCCCCCCCCCCCCCCCCCCCCC. The first kappa shape index (κ1) is 27.6. The summed E-state index contributed by atoms with van der Waals surface area (Å²) in [4.78, 5) is 0. The van der Waals surface area contributed by atoms with Crippen molar-refractivity contribution in [3.63, 3.8) is 0 Å². The van der Waals surface area contributed by atoms with Crippen LogP contribution in [0.25, 0.3) is 0 Å². The van der Waals surface area contributed by atoms with Gasteiger partial charge in [-0.1, -0.05) is 148 Å². The number of unbranched alkanes of at least 4 members (excludes halogenated alkanes) is 23. The Morgan fingerprint density at radius 3 is 0.857 bits per heavy atom. The maximum absolute atomic E-state index is 3.16. The highest BCUT2D eigenvalue weighted by molar-refractivity contribution is 4.94. The van der Waals surface area contributed by atoms with Crippen molar-refractivity contribution in [3.8, 4) is 11.8 Å². The standard InChI is InChI=1S/C28H54/c1-3-5-7-9-11-13-15-17-19-21-23-25-27-28-26-24-22-20-18-16-14-12-10-8-6-4-2/h3,5,7-28H2,1-2H3. The molecule has 0 aliphatic carbocycles. The molecule has 0 saturated carbocycles. The number of rotatable bonds is 23. The van der Waals surface area contributed by atoms with Gasteiger partial charge in [0.2, 0.25) is 0 Å². The Balaban J connectivity index is 2.98. The normalized spacial score (nSPS) is 10.8. The quantitative estimate of drug-likeness (QED) is 0.120. The summed E-state index contributed by atoms with van der Waals surface area (Å²) in [6, 6.07) is 0. The Morgan fingerprint density at radius 2 is 0.607 bits per heavy atom. The fourth-order valence-corrected chi connectivity index (χ4v) is 4.12. The van der Waals surface area contributed by atoms with Crippen molar-refractivity contribution in [1.29, 1.82) is 0 Å². The topological polar surface area (TPSA) is 0 Å². The minimum atomic E-state index is 1.11. The highest BCUT2D eigenvalue weighted by Gasteiger charge is 1.95. The third-order valence-electron chi connectivity index (χ3n) is 6.08. The van der Waals surface area contributed by atoms with E-state index in [0.29, 0.717) is 0 Å². The molecule has 0 N–H and O–H groups in total. The fourth-order valence-electron chi connectivity index (χ4n) is 4.12. The number of hydrogen-bond donors (Lipinski definition) is 0. The van der Waals surface area contributed by atoms with E-state index in [4.69, 9.17) is 0 Å². The van der Waals surface area contributed by atoms with Gasteiger partial charge in [0.15, 0.2) is 0 Å². The van der Waals surface area contributed by atoms with Crippen LogP contribution in [0.3, 0.4) is 0 Å². The molecule has 0 fully saturated rings. The average Bonchev–Trinajstić information content (AvgIpc) is 2.71. The van der Waals surface area contributed by atoms with Gasteiger partial charge >= 0.3 is 0 Å². The van der Waals surface area contributed by atoms with E-state index in [9.17, 15) is 0 Å². The summed E-state index contributed by atoms with van der Waals surface area (Å²) < 4.78 is 0. The molecule has 0 bridgehead atoms. The summed E-state index contributed by atoms with van der Waals surface area (Å²) in [5.74, 6) is 6.14. The van der Waals surface area contributed by atoms with E-state index in [1.54, 1.807) is 0 Å². The molecule has 0 nitrogen and oxygen atoms in total. The molecule has 0 atom stereocenters. The van der Waals surface area contributed by atoms with Gasteiger partial charge in [0.25, 0.3) is 0 Å². The molecule has 0 heterocycles. The summed E-state index contributed by atoms with van der Waals surface area (Å²) in [5.41, 5.74) is 0. The molecule has 0 aromatic rings. The predicted molar refractivity (Wildman–Crippen MR) is 130 cm³/mol. The van der Waals surface area contributed by atoms with Crippen LogP contribution in [0.15, 0.2) is 0 Å². The molecule has 0 heteroatoms. The lowest BCUT2D eigenvalue weighted by molar-refractivity contribution is 0.518. The minimum Gasteiger partial charge on any atom is -0.107 e. The van der Waals surface area contributed by atoms with Crippen LogP contribution in [-0.2, 0) is 0 Å². The van der Waals surface area contributed by atoms with Crippen LogP contribution >= 0.6 is 0 Å². The lowest BCUT2D eigenvalue weighted by Crippen LogP contribution is -1.84. The lowest BCUT2D eigenvalue weighted by atomic mass is 10.0. The largest absolute Gasteiger partial charge is 0.107 e. The molecule has 0 unspecified atom stereocenters. The fraction of sp³-hybridized carbons (Fsp3) is 0.929. The Morgan fingerprint density at radius 1 is 0.357 bits per heavy atom. The van der Waals surface area contributed by atoms with Crippen molar-refractivity contribution in [2.45, 2.75) is 168 Å². The van der Waals surface area contributed by atoms with Gasteiger partial charge in [0, 0.05) is 6.42 Å². The van der Waals surface area contributed by atoms with E-state index >= 15 is 0 Å². The molecule has 0 spiro atoms. The second kappa shape index (κ2) is 26.6. The van der Waals surface area contributed by atoms with Gasteiger partial charge < -0.3 is 0 Å². The van der Waals surface area contributed by atoms with Crippen molar-refractivity contribution >= 4 is 0 Å². The van der Waals surface area contributed by atoms with Gasteiger partial charge in [0.1, 0.15) is 0 Å². The van der Waals surface area contributed by atoms with Crippen LogP contribution in [0, 0.1) is 11.8 Å². The molecule has 0 radical (unpaired) electrons. The lowest BCUT2D eigenvalue weighted by Gasteiger charge is -2.04. The van der Waals surface area contributed by atoms with Crippen LogP contribution in [0.5, 0.6) is 0 Å². The third-order valence-corrected chi connectivity index (χ3v) is 6.08. The molecule has 0 rings (SSSR count). The zero-order valence-corrected chi connectivity index (χ0v) is 20.0. The second-order valence-corrected chi connectivity index (χ2v) is 8.95. The maximum Gasteiger partial charge on any atom is 0.00885 e. The summed E-state index contributed by atoms with van der Waals surface area (Å²) in [6.07, 6.45) is 34.6. The van der Waals surface area contributed by atoms with Crippen LogP contribution in [0.4, 0.5) is 0 Å². The maximum atomic E-state index is 3.16. The highest BCUT2D eigenvalue weighted by Crippen LogP contribution is 2.15. The molecular weight excluding hydrogens is 336 g/mol. The summed E-state index contributed by atoms with van der Waals surface area (Å²) in [7, 11) is 0. The summed E-state index contributed by atoms with van der Waals surface area (Å²) >= 11 is 0. The minimum absolute atomic E-state index is 1.11. The first-order valence-corrected chi connectivity index (χ1v) is 13.3. The molecule has 28 heavy (non-hydrogen) atoms. The monoisotopic (exact) mass is 390 g/mol. The van der Waals surface area contributed by atoms with Gasteiger partial charge in [-0.05, 0) is 13.3 Å². The Kier molecular flexibility index (Phi) is 26.1. The molecule has 0 aromatic carbocycles. The van der Waals surface area contributed by atoms with Gasteiger partial charge in [-0.25, -0.2) is 0 Å². The Labute approximate surface area is 180 Å². The van der Waals surface area contributed by atoms with E-state index in [1.807, 2.05) is 6.92 Å². The summed E-state index contributed by atoms with van der Waals surface area (Å²) in [6.45, 7) is 4.24. The predicted octanol–water partition coefficient (Wildman–Crippen LogP) is 10.4. The third kappa shape index (κ3) is 25.6. The van der Waals surface area contributed by atoms with Crippen molar-refractivity contribution < 1.29 is 0 Å². The first-order chi connectivity index (χ1) is 13.9. The van der Waals surface area contributed by atoms with Crippen molar-refractivity contribution in [2.24, 2.45) is 0 Å². The van der Waals surface area contributed by atoms with Crippen molar-refractivity contribution in [3.05, 3.63) is 0 Å². The molecule has 166 valence electrons. The summed E-state index contributed by atoms with van der Waals surface area (Å²) in [5, 5.41) is 0. The molecule has 0 amide bonds. The van der Waals surface area contributed by atoms with Crippen molar-refractivity contribution in [2.75, 3.05) is 0 Å². The Hall–Kier alpha value is -0.440. The average molecular weight is 391 g/mol. The zero-order valence-electron chi connectivity index (χ0n) is 20.0. The van der Waals surface area contributed by atoms with E-state index in [1.165, 1.54) is 148 Å². The second-order valence-electron chi connectivity index (χ2n) is 8.95. The molecule has 0 aliphatic rings. The van der Waals surface area contributed by atoms with Gasteiger partial charge in [-0.15, -0.1) is 11.8 Å². The molecule has 0 aromatic heterocycles. The zero-order chi connectivity index (χ0) is 20.4. The van der Waals surface area contributed by atoms with Gasteiger partial charge in [-0.3, -0.25) is 0 Å². The van der Waals surface area contributed by atoms with E-state index in [2.05, 4.69) is 18.8 Å². The Bertz CT molecular complexity index is 319. The molecule has 0 aliphatic heterocycles. The van der Waals surface area contributed by atoms with Crippen LogP contribution in [-0.4, -0.2) is 0 Å². The number of hydrogen-bond acceptors (Lipinski definition) is 0. The van der Waals surface area contributed by atoms with Crippen LogP contribution in [0.1, 0.15) is 168 Å². The van der Waals surface area contributed by atoms with E-state index in [-0.39, 0.29) is 0 Å². The smallest absolute Gasteiger partial charge is 0.00885 e. The van der Waals surface area contributed by atoms with Crippen LogP contribution in [0.2, 0.25) is 0 Å². The molecular formula is C28H54. The van der Waals surface area contributed by atoms with Crippen molar-refractivity contribution in [1.82, 2.24) is 0 Å². The highest BCUT2D eigenvalue weighted by atomic mass is 14.0. The molecule has 0 saturated heterocycles. The van der Waals surface area contributed by atoms with Gasteiger partial charge in [-0.2, -0.15) is 0 Å². The first-order valence-electron chi connectivity index (χ1n) is 13.3. The van der Waals surface area contributed by atoms with Gasteiger partial charge in [0.05, 0.1) is 0 Å². The van der Waals surface area contributed by atoms with E-state index < -0.39 is 0 Å². The van der Waals surface area contributed by atoms with Crippen LogP contribution < -0.4 is 0 Å².